The summed E-state index contributed by atoms with van der Waals surface area (Å²) in [4.78, 5) is 17.5. The number of hydrogen-bond donors (Lipinski definition) is 1. The minimum Gasteiger partial charge on any atom is -0.318 e. The number of nitrogens with zero attached hydrogens (tertiary/aromatic N) is 3. The summed E-state index contributed by atoms with van der Waals surface area (Å²) >= 11 is 9.00. The van der Waals surface area contributed by atoms with Crippen molar-refractivity contribution in [1.29, 1.82) is 0 Å². The first-order valence-electron chi connectivity index (χ1n) is 7.39. The van der Waals surface area contributed by atoms with Gasteiger partial charge < -0.3 is 4.57 Å². The molecule has 25 heavy (non-hydrogen) atoms. The van der Waals surface area contributed by atoms with Crippen molar-refractivity contribution in [2.45, 2.75) is 10.9 Å². The van der Waals surface area contributed by atoms with Gasteiger partial charge in [-0.05, 0) is 29.1 Å². The number of hydrogen-bond acceptors (Lipinski definition) is 5. The number of carbonyl (C=O) groups is 1. The lowest BCUT2D eigenvalue weighted by Crippen LogP contribution is -2.20. The van der Waals surface area contributed by atoms with Crippen LogP contribution in [0, 0.1) is 0 Å². The predicted octanol–water partition coefficient (Wildman–Crippen LogP) is 4.19. The highest BCUT2D eigenvalue weighted by Gasteiger charge is 2.13. The zero-order valence-electron chi connectivity index (χ0n) is 13.3. The van der Waals surface area contributed by atoms with Crippen molar-refractivity contribution < 1.29 is 4.79 Å². The van der Waals surface area contributed by atoms with Crippen LogP contribution in [0.4, 0.5) is 0 Å². The van der Waals surface area contributed by atoms with Crippen LogP contribution in [-0.4, -0.2) is 21.7 Å². The second-order valence-electron chi connectivity index (χ2n) is 5.11. The Labute approximate surface area is 158 Å². The second-order valence-corrected chi connectivity index (χ2v) is 7.47. The van der Waals surface area contributed by atoms with Gasteiger partial charge in [0.1, 0.15) is 5.69 Å². The summed E-state index contributed by atoms with van der Waals surface area (Å²) in [5.41, 5.74) is 4.13. The van der Waals surface area contributed by atoms with E-state index >= 15 is 0 Å². The van der Waals surface area contributed by atoms with Crippen LogP contribution in [0.5, 0.6) is 0 Å². The molecule has 0 unspecified atom stereocenters. The van der Waals surface area contributed by atoms with Crippen molar-refractivity contribution in [3.63, 3.8) is 0 Å². The van der Waals surface area contributed by atoms with Crippen LogP contribution >= 0.6 is 34.7 Å². The first kappa shape index (κ1) is 17.7. The molecule has 5 nitrogen and oxygen atoms in total. The Balaban J connectivity index is 1.60. The zero-order chi connectivity index (χ0) is 17.6. The van der Waals surface area contributed by atoms with Crippen LogP contribution in [0.25, 0.3) is 0 Å². The third-order valence-corrected chi connectivity index (χ3v) is 5.53. The number of aromatic nitrogens is 2. The number of nitrogens with one attached hydrogen (secondary N) is 1. The van der Waals surface area contributed by atoms with E-state index < -0.39 is 0 Å². The lowest BCUT2D eigenvalue weighted by molar-refractivity contribution is 0.0946. The smallest absolute Gasteiger partial charge is 0.289 e. The largest absolute Gasteiger partial charge is 0.318 e. The quantitative estimate of drug-likeness (QED) is 0.390. The molecule has 1 N–H and O–H groups in total. The highest BCUT2D eigenvalue weighted by molar-refractivity contribution is 7.98. The molecule has 0 aliphatic rings. The summed E-state index contributed by atoms with van der Waals surface area (Å²) in [7, 11) is 1.81. The molecule has 2 heterocycles. The predicted molar refractivity (Wildman–Crippen MR) is 104 cm³/mol. The minimum absolute atomic E-state index is 0.291. The van der Waals surface area contributed by atoms with Crippen molar-refractivity contribution in [2.75, 3.05) is 0 Å². The number of amides is 1. The average molecular weight is 391 g/mol. The number of thioether (sulfide) groups is 1. The van der Waals surface area contributed by atoms with Gasteiger partial charge in [-0.2, -0.15) is 5.10 Å². The number of imidazole rings is 1. The van der Waals surface area contributed by atoms with Crippen molar-refractivity contribution in [1.82, 2.24) is 15.0 Å². The van der Waals surface area contributed by atoms with Gasteiger partial charge in [-0.1, -0.05) is 41.6 Å². The number of rotatable bonds is 6. The number of hydrazone groups is 1. The molecular weight excluding hydrogens is 376 g/mol. The van der Waals surface area contributed by atoms with Gasteiger partial charge in [0, 0.05) is 22.7 Å². The first-order valence-corrected chi connectivity index (χ1v) is 9.63. The van der Waals surface area contributed by atoms with Gasteiger partial charge in [0.25, 0.3) is 5.91 Å². The maximum Gasteiger partial charge on any atom is 0.289 e. The molecule has 1 amide bonds. The summed E-state index contributed by atoms with van der Waals surface area (Å²) in [6, 6.07) is 11.5. The van der Waals surface area contributed by atoms with Gasteiger partial charge in [-0.25, -0.2) is 10.4 Å². The molecule has 2 aromatic heterocycles. The highest BCUT2D eigenvalue weighted by atomic mass is 35.5. The Morgan fingerprint density at radius 1 is 1.40 bits per heavy atom. The summed E-state index contributed by atoms with van der Waals surface area (Å²) in [6.07, 6.45) is 3.18. The van der Waals surface area contributed by atoms with Gasteiger partial charge in [0.2, 0.25) is 0 Å². The van der Waals surface area contributed by atoms with E-state index in [4.69, 9.17) is 11.6 Å². The molecule has 0 bridgehead atoms. The van der Waals surface area contributed by atoms with Gasteiger partial charge in [0.05, 0.1) is 12.4 Å². The Morgan fingerprint density at radius 3 is 2.92 bits per heavy atom. The lowest BCUT2D eigenvalue weighted by atomic mass is 10.2. The number of carbonyl (C=O) groups excluding carboxylic acids is 1. The first-order chi connectivity index (χ1) is 12.1. The van der Waals surface area contributed by atoms with Crippen LogP contribution < -0.4 is 5.43 Å². The van der Waals surface area contributed by atoms with Crippen LogP contribution in [0.1, 0.15) is 20.9 Å². The van der Waals surface area contributed by atoms with E-state index in [1.807, 2.05) is 48.8 Å². The second kappa shape index (κ2) is 8.33. The highest BCUT2D eigenvalue weighted by Crippen LogP contribution is 2.23. The number of thiophene rings is 1. The fraction of sp³-hybridized carbons (Fsp3) is 0.118. The SMILES string of the molecule is Cn1c(C(=O)N/N=C\c2cccs2)cnc1SCc1ccc(Cl)cc1. The maximum atomic E-state index is 12.2. The summed E-state index contributed by atoms with van der Waals surface area (Å²) in [6.45, 7) is 0. The van der Waals surface area contributed by atoms with Crippen LogP contribution in [0.3, 0.4) is 0 Å². The molecule has 1 aromatic carbocycles. The normalized spacial score (nSPS) is 11.1. The fourth-order valence-electron chi connectivity index (χ4n) is 2.04. The van der Waals surface area contributed by atoms with E-state index in [1.165, 1.54) is 0 Å². The minimum atomic E-state index is -0.291. The van der Waals surface area contributed by atoms with E-state index in [-0.39, 0.29) is 5.91 Å². The molecule has 0 saturated carbocycles. The van der Waals surface area contributed by atoms with Gasteiger partial charge in [-0.3, -0.25) is 4.79 Å². The van der Waals surface area contributed by atoms with Crippen molar-refractivity contribution in [3.05, 3.63) is 69.1 Å². The molecule has 3 rings (SSSR count). The third kappa shape index (κ3) is 4.72. The van der Waals surface area contributed by atoms with Crippen LogP contribution in [0.2, 0.25) is 5.02 Å². The zero-order valence-corrected chi connectivity index (χ0v) is 15.7. The molecule has 3 aromatic rings. The molecule has 0 saturated heterocycles. The van der Waals surface area contributed by atoms with E-state index in [0.717, 1.165) is 21.3 Å². The number of benzene rings is 1. The van der Waals surface area contributed by atoms with Crippen LogP contribution in [-0.2, 0) is 12.8 Å². The summed E-state index contributed by atoms with van der Waals surface area (Å²) in [5, 5.41) is 7.40. The molecule has 128 valence electrons. The summed E-state index contributed by atoms with van der Waals surface area (Å²) < 4.78 is 1.76. The van der Waals surface area contributed by atoms with Crippen molar-refractivity contribution >= 4 is 46.8 Å². The Hall–Kier alpha value is -2.09. The molecule has 0 fully saturated rings. The van der Waals surface area contributed by atoms with Crippen molar-refractivity contribution in [3.8, 4) is 0 Å². The molecule has 0 atom stereocenters. The van der Waals surface area contributed by atoms with E-state index in [1.54, 1.807) is 40.1 Å². The average Bonchev–Trinajstić information content (AvgIpc) is 3.24. The molecule has 0 aliphatic carbocycles. The molecule has 8 heteroatoms. The molecular formula is C17H15ClN4OS2. The number of halogens is 1. The van der Waals surface area contributed by atoms with E-state index in [9.17, 15) is 4.79 Å². The van der Waals surface area contributed by atoms with Crippen molar-refractivity contribution in [2.24, 2.45) is 12.1 Å². The fourth-order valence-corrected chi connectivity index (χ4v) is 3.66. The Morgan fingerprint density at radius 2 is 2.20 bits per heavy atom. The van der Waals surface area contributed by atoms with Gasteiger partial charge >= 0.3 is 0 Å². The van der Waals surface area contributed by atoms with Gasteiger partial charge in [-0.15, -0.1) is 11.3 Å². The molecule has 0 spiro atoms. The molecule has 0 aliphatic heterocycles. The monoisotopic (exact) mass is 390 g/mol. The molecule has 0 radical (unpaired) electrons. The lowest BCUT2D eigenvalue weighted by Gasteiger charge is -2.05. The Bertz CT molecular complexity index is 873. The Kier molecular flexibility index (Phi) is 5.91. The summed E-state index contributed by atoms with van der Waals surface area (Å²) in [5.74, 6) is 0.459. The third-order valence-electron chi connectivity index (χ3n) is 3.36. The van der Waals surface area contributed by atoms with E-state index in [2.05, 4.69) is 15.5 Å². The van der Waals surface area contributed by atoms with E-state index in [0.29, 0.717) is 10.7 Å². The standard InChI is InChI=1S/C17H15ClN4OS2/c1-22-15(16(23)21-20-9-14-3-2-8-24-14)10-19-17(22)25-11-12-4-6-13(18)7-5-12/h2-10H,11H2,1H3,(H,21,23)/b20-9-. The van der Waals surface area contributed by atoms with Crippen LogP contribution in [0.15, 0.2) is 58.2 Å². The topological polar surface area (TPSA) is 59.3 Å². The maximum absolute atomic E-state index is 12.2. The van der Waals surface area contributed by atoms with Gasteiger partial charge in [0.15, 0.2) is 5.16 Å².